The van der Waals surface area contributed by atoms with E-state index in [4.69, 9.17) is 5.73 Å². The molecular formula is C12H17N5. The molecule has 2 rings (SSSR count). The minimum atomic E-state index is -0.121. The molecule has 1 unspecified atom stereocenters. The van der Waals surface area contributed by atoms with Crippen LogP contribution in [0.25, 0.3) is 0 Å². The summed E-state index contributed by atoms with van der Waals surface area (Å²) in [5.74, 6) is 1.25. The fraction of sp³-hybridized carbons (Fsp3) is 0.333. The van der Waals surface area contributed by atoms with Crippen LogP contribution < -0.4 is 11.1 Å². The molecule has 3 N–H and O–H groups in total. The summed E-state index contributed by atoms with van der Waals surface area (Å²) in [5.41, 5.74) is 6.99. The average molecular weight is 231 g/mol. The van der Waals surface area contributed by atoms with Gasteiger partial charge in [0.1, 0.15) is 6.17 Å². The Labute approximate surface area is 101 Å². The first-order valence-corrected chi connectivity index (χ1v) is 5.59. The average Bonchev–Trinajstić information content (AvgIpc) is 2.33. The van der Waals surface area contributed by atoms with Gasteiger partial charge in [0.2, 0.25) is 5.96 Å². The quantitative estimate of drug-likeness (QED) is 0.789. The van der Waals surface area contributed by atoms with Gasteiger partial charge in [0, 0.05) is 13.6 Å². The van der Waals surface area contributed by atoms with Gasteiger partial charge in [-0.3, -0.25) is 4.90 Å². The van der Waals surface area contributed by atoms with Crippen LogP contribution in [0.1, 0.15) is 12.5 Å². The second-order valence-electron chi connectivity index (χ2n) is 3.97. The molecule has 1 aromatic carbocycles. The molecule has 5 nitrogen and oxygen atoms in total. The Bertz CT molecular complexity index is 437. The van der Waals surface area contributed by atoms with Crippen LogP contribution in [0, 0.1) is 0 Å². The zero-order valence-electron chi connectivity index (χ0n) is 10.1. The van der Waals surface area contributed by atoms with Crippen molar-refractivity contribution in [1.29, 1.82) is 0 Å². The van der Waals surface area contributed by atoms with Gasteiger partial charge in [0.15, 0.2) is 5.96 Å². The highest BCUT2D eigenvalue weighted by Crippen LogP contribution is 2.03. The van der Waals surface area contributed by atoms with E-state index in [2.05, 4.69) is 27.4 Å². The Hall–Kier alpha value is -2.04. The van der Waals surface area contributed by atoms with Gasteiger partial charge < -0.3 is 11.1 Å². The molecule has 0 amide bonds. The van der Waals surface area contributed by atoms with E-state index in [1.54, 1.807) is 4.90 Å². The third-order valence-electron chi connectivity index (χ3n) is 2.58. The molecule has 1 aromatic rings. The molecule has 1 atom stereocenters. The molecule has 0 bridgehead atoms. The van der Waals surface area contributed by atoms with Gasteiger partial charge >= 0.3 is 0 Å². The summed E-state index contributed by atoms with van der Waals surface area (Å²) in [6, 6.07) is 10.2. The standard InChI is InChI=1S/C12H17N5/c1-9-15-11(13)17(2)12(16-9)14-8-10-6-4-3-5-7-10/h3-7,9H,8H2,1-2H3,(H2,13,15)(H,14,16). The number of nitrogens with zero attached hydrogens (tertiary/aromatic N) is 3. The summed E-state index contributed by atoms with van der Waals surface area (Å²) in [6.07, 6.45) is -0.121. The van der Waals surface area contributed by atoms with Crippen LogP contribution in [0.2, 0.25) is 0 Å². The maximum absolute atomic E-state index is 5.78. The summed E-state index contributed by atoms with van der Waals surface area (Å²) in [4.78, 5) is 10.3. The predicted molar refractivity (Wildman–Crippen MR) is 69.6 cm³/mol. The molecule has 5 heteroatoms. The highest BCUT2D eigenvalue weighted by molar-refractivity contribution is 5.99. The van der Waals surface area contributed by atoms with E-state index in [9.17, 15) is 0 Å². The van der Waals surface area contributed by atoms with Crippen molar-refractivity contribution in [1.82, 2.24) is 10.2 Å². The molecule has 0 spiro atoms. The molecule has 0 aromatic heterocycles. The lowest BCUT2D eigenvalue weighted by molar-refractivity contribution is 0.610. The lowest BCUT2D eigenvalue weighted by Gasteiger charge is -2.26. The van der Waals surface area contributed by atoms with Crippen LogP contribution >= 0.6 is 0 Å². The predicted octanol–water partition coefficient (Wildman–Crippen LogP) is 0.738. The van der Waals surface area contributed by atoms with E-state index in [-0.39, 0.29) is 6.17 Å². The van der Waals surface area contributed by atoms with Crippen molar-refractivity contribution >= 4 is 11.9 Å². The van der Waals surface area contributed by atoms with Crippen LogP contribution in [-0.2, 0) is 6.54 Å². The van der Waals surface area contributed by atoms with Gasteiger partial charge in [0.05, 0.1) is 0 Å². The Morgan fingerprint density at radius 3 is 2.71 bits per heavy atom. The molecule has 0 aliphatic carbocycles. The van der Waals surface area contributed by atoms with E-state index in [0.717, 1.165) is 12.5 Å². The molecule has 17 heavy (non-hydrogen) atoms. The van der Waals surface area contributed by atoms with Crippen LogP contribution in [-0.4, -0.2) is 30.0 Å². The van der Waals surface area contributed by atoms with Gasteiger partial charge in [-0.25, -0.2) is 9.98 Å². The summed E-state index contributed by atoms with van der Waals surface area (Å²) in [5, 5.41) is 3.26. The molecule has 0 saturated carbocycles. The fourth-order valence-electron chi connectivity index (χ4n) is 1.62. The van der Waals surface area contributed by atoms with Crippen molar-refractivity contribution in [2.75, 3.05) is 7.05 Å². The Balaban J connectivity index is 2.00. The number of benzene rings is 1. The summed E-state index contributed by atoms with van der Waals surface area (Å²) in [7, 11) is 1.85. The van der Waals surface area contributed by atoms with Crippen LogP contribution in [0.5, 0.6) is 0 Å². The molecule has 1 heterocycles. The van der Waals surface area contributed by atoms with E-state index in [1.165, 1.54) is 5.56 Å². The molecule has 0 radical (unpaired) electrons. The Morgan fingerprint density at radius 1 is 1.29 bits per heavy atom. The molecule has 0 saturated heterocycles. The zero-order valence-corrected chi connectivity index (χ0v) is 10.1. The topological polar surface area (TPSA) is 66.0 Å². The number of rotatable bonds is 2. The lowest BCUT2D eigenvalue weighted by Crippen LogP contribution is -2.48. The highest BCUT2D eigenvalue weighted by atomic mass is 15.4. The molecule has 1 aliphatic rings. The van der Waals surface area contributed by atoms with Crippen molar-refractivity contribution in [2.45, 2.75) is 19.6 Å². The lowest BCUT2D eigenvalue weighted by atomic mass is 10.2. The van der Waals surface area contributed by atoms with E-state index < -0.39 is 0 Å². The van der Waals surface area contributed by atoms with E-state index in [0.29, 0.717) is 5.96 Å². The SMILES string of the molecule is CC1N=C(N)N(C)C(NCc2ccccc2)=N1. The van der Waals surface area contributed by atoms with Crippen molar-refractivity contribution in [3.63, 3.8) is 0 Å². The maximum atomic E-state index is 5.78. The number of nitrogens with one attached hydrogen (secondary N) is 1. The van der Waals surface area contributed by atoms with Gasteiger partial charge in [-0.15, -0.1) is 0 Å². The van der Waals surface area contributed by atoms with Crippen molar-refractivity contribution in [3.05, 3.63) is 35.9 Å². The number of nitrogens with two attached hydrogens (primary N) is 1. The number of hydrogen-bond acceptors (Lipinski definition) is 5. The third-order valence-corrected chi connectivity index (χ3v) is 2.58. The number of guanidine groups is 2. The zero-order chi connectivity index (χ0) is 12.3. The number of hydrogen-bond donors (Lipinski definition) is 2. The summed E-state index contributed by atoms with van der Waals surface area (Å²) in [6.45, 7) is 2.63. The molecule has 0 fully saturated rings. The van der Waals surface area contributed by atoms with Crippen LogP contribution in [0.15, 0.2) is 40.3 Å². The van der Waals surface area contributed by atoms with Gasteiger partial charge in [-0.1, -0.05) is 30.3 Å². The largest absolute Gasteiger partial charge is 0.369 e. The van der Waals surface area contributed by atoms with Gasteiger partial charge in [0.25, 0.3) is 0 Å². The smallest absolute Gasteiger partial charge is 0.202 e. The third kappa shape index (κ3) is 2.75. The first-order valence-electron chi connectivity index (χ1n) is 5.59. The minimum absolute atomic E-state index is 0.121. The molecule has 1 aliphatic heterocycles. The Kier molecular flexibility index (Phi) is 3.27. The monoisotopic (exact) mass is 231 g/mol. The first kappa shape index (κ1) is 11.4. The van der Waals surface area contributed by atoms with Gasteiger partial charge in [-0.2, -0.15) is 0 Å². The van der Waals surface area contributed by atoms with E-state index >= 15 is 0 Å². The van der Waals surface area contributed by atoms with Crippen molar-refractivity contribution in [2.24, 2.45) is 15.7 Å². The first-order chi connectivity index (χ1) is 8.16. The molecule has 90 valence electrons. The highest BCUT2D eigenvalue weighted by Gasteiger charge is 2.16. The van der Waals surface area contributed by atoms with Crippen LogP contribution in [0.4, 0.5) is 0 Å². The van der Waals surface area contributed by atoms with Crippen molar-refractivity contribution in [3.8, 4) is 0 Å². The fourth-order valence-corrected chi connectivity index (χ4v) is 1.62. The van der Waals surface area contributed by atoms with E-state index in [1.807, 2.05) is 32.2 Å². The molecular weight excluding hydrogens is 214 g/mol. The van der Waals surface area contributed by atoms with Gasteiger partial charge in [-0.05, 0) is 12.5 Å². The van der Waals surface area contributed by atoms with Crippen molar-refractivity contribution < 1.29 is 0 Å². The van der Waals surface area contributed by atoms with Crippen LogP contribution in [0.3, 0.4) is 0 Å². The second kappa shape index (κ2) is 4.86. The maximum Gasteiger partial charge on any atom is 0.202 e. The number of aliphatic imine (C=N–C) groups is 2. The Morgan fingerprint density at radius 2 is 2.00 bits per heavy atom. The second-order valence-corrected chi connectivity index (χ2v) is 3.97. The normalized spacial score (nSPS) is 19.6. The minimum Gasteiger partial charge on any atom is -0.369 e. The summed E-state index contributed by atoms with van der Waals surface area (Å²) < 4.78 is 0. The summed E-state index contributed by atoms with van der Waals surface area (Å²) >= 11 is 0.